The Balaban J connectivity index is 1.11. The van der Waals surface area contributed by atoms with Crippen molar-refractivity contribution >= 4 is 11.6 Å². The first-order chi connectivity index (χ1) is 14.5. The number of carbonyl (C=O) groups excluding carboxylic acids is 1. The zero-order valence-corrected chi connectivity index (χ0v) is 18.7. The molecule has 0 spiro atoms. The summed E-state index contributed by atoms with van der Waals surface area (Å²) < 4.78 is 5.25. The molecule has 30 heavy (non-hydrogen) atoms. The van der Waals surface area contributed by atoms with Crippen LogP contribution in [0.1, 0.15) is 38.5 Å². The van der Waals surface area contributed by atoms with E-state index < -0.39 is 0 Å². The number of rotatable bonds is 6. The summed E-state index contributed by atoms with van der Waals surface area (Å²) in [6.07, 6.45) is 8.70. The summed E-state index contributed by atoms with van der Waals surface area (Å²) in [7, 11) is 3.86. The lowest BCUT2D eigenvalue weighted by molar-refractivity contribution is -0.133. The molecule has 0 aromatic heterocycles. The molecule has 4 aliphatic carbocycles. The summed E-state index contributed by atoms with van der Waals surface area (Å²) in [5.74, 6) is 4.12. The van der Waals surface area contributed by atoms with E-state index in [0.717, 1.165) is 56.2 Å². The Morgan fingerprint density at radius 3 is 2.10 bits per heavy atom. The first kappa shape index (κ1) is 20.2. The van der Waals surface area contributed by atoms with Gasteiger partial charge < -0.3 is 14.5 Å². The van der Waals surface area contributed by atoms with Gasteiger partial charge in [0.2, 0.25) is 5.91 Å². The quantitative estimate of drug-likeness (QED) is 0.718. The predicted octanol–water partition coefficient (Wildman–Crippen LogP) is 3.49. The van der Waals surface area contributed by atoms with Crippen LogP contribution in [0.15, 0.2) is 24.3 Å². The van der Waals surface area contributed by atoms with Crippen LogP contribution < -0.4 is 9.64 Å². The van der Waals surface area contributed by atoms with Crippen molar-refractivity contribution in [3.05, 3.63) is 24.3 Å². The first-order valence-corrected chi connectivity index (χ1v) is 11.9. The van der Waals surface area contributed by atoms with Gasteiger partial charge in [-0.1, -0.05) is 0 Å². The monoisotopic (exact) mass is 411 g/mol. The molecule has 1 amide bonds. The first-order valence-electron chi connectivity index (χ1n) is 11.9. The third kappa shape index (κ3) is 4.05. The number of anilines is 1. The van der Waals surface area contributed by atoms with Crippen molar-refractivity contribution in [2.45, 2.75) is 38.5 Å². The van der Waals surface area contributed by atoms with E-state index in [9.17, 15) is 4.79 Å². The van der Waals surface area contributed by atoms with Crippen LogP contribution in [-0.4, -0.2) is 69.1 Å². The lowest BCUT2D eigenvalue weighted by Gasteiger charge is -2.57. The minimum absolute atomic E-state index is 0.302. The second-order valence-electron chi connectivity index (χ2n) is 10.7. The zero-order chi connectivity index (χ0) is 20.7. The Morgan fingerprint density at radius 1 is 1.00 bits per heavy atom. The van der Waals surface area contributed by atoms with Gasteiger partial charge in [-0.3, -0.25) is 9.69 Å². The van der Waals surface area contributed by atoms with Crippen molar-refractivity contribution in [2.75, 3.05) is 58.3 Å². The largest absolute Gasteiger partial charge is 0.497 e. The number of benzene rings is 1. The summed E-state index contributed by atoms with van der Waals surface area (Å²) in [6.45, 7) is 5.12. The number of carbonyl (C=O) groups is 1. The number of hydrogen-bond donors (Lipinski definition) is 0. The van der Waals surface area contributed by atoms with Crippen molar-refractivity contribution in [3.8, 4) is 5.75 Å². The van der Waals surface area contributed by atoms with Crippen molar-refractivity contribution in [1.29, 1.82) is 0 Å². The Kier molecular flexibility index (Phi) is 5.42. The van der Waals surface area contributed by atoms with Gasteiger partial charge in [0.05, 0.1) is 13.7 Å². The Bertz CT molecular complexity index is 719. The van der Waals surface area contributed by atoms with Crippen LogP contribution in [0.25, 0.3) is 0 Å². The highest BCUT2D eigenvalue weighted by Crippen LogP contribution is 2.60. The van der Waals surface area contributed by atoms with Crippen LogP contribution in [0.2, 0.25) is 0 Å². The van der Waals surface area contributed by atoms with Crippen LogP contribution in [0.3, 0.4) is 0 Å². The second-order valence-corrected chi connectivity index (χ2v) is 10.7. The van der Waals surface area contributed by atoms with Gasteiger partial charge in [-0.2, -0.15) is 0 Å². The minimum Gasteiger partial charge on any atom is -0.497 e. The number of ether oxygens (including phenoxy) is 1. The Hall–Kier alpha value is -1.75. The molecular formula is C25H37N3O2. The van der Waals surface area contributed by atoms with Crippen LogP contribution >= 0.6 is 0 Å². The van der Waals surface area contributed by atoms with E-state index in [1.54, 1.807) is 7.11 Å². The van der Waals surface area contributed by atoms with Crippen molar-refractivity contribution in [2.24, 2.45) is 23.2 Å². The molecule has 1 heterocycles. The van der Waals surface area contributed by atoms with E-state index in [2.05, 4.69) is 33.9 Å². The fraction of sp³-hybridized carbons (Fsp3) is 0.720. The summed E-state index contributed by atoms with van der Waals surface area (Å²) in [6, 6.07) is 8.23. The number of amides is 1. The maximum Gasteiger partial charge on any atom is 0.236 e. The molecule has 5 fully saturated rings. The van der Waals surface area contributed by atoms with Crippen molar-refractivity contribution in [3.63, 3.8) is 0 Å². The molecule has 5 heteroatoms. The molecule has 6 rings (SSSR count). The van der Waals surface area contributed by atoms with E-state index in [-0.39, 0.29) is 0 Å². The van der Waals surface area contributed by atoms with Gasteiger partial charge in [-0.15, -0.1) is 0 Å². The molecule has 1 aromatic rings. The fourth-order valence-electron chi connectivity index (χ4n) is 7.45. The predicted molar refractivity (Wildman–Crippen MR) is 120 cm³/mol. The summed E-state index contributed by atoms with van der Waals surface area (Å²) in [4.78, 5) is 19.7. The summed E-state index contributed by atoms with van der Waals surface area (Å²) in [5.41, 5.74) is 1.72. The van der Waals surface area contributed by atoms with Crippen molar-refractivity contribution in [1.82, 2.24) is 9.80 Å². The number of hydrogen-bond acceptors (Lipinski definition) is 4. The molecule has 0 atom stereocenters. The average molecular weight is 412 g/mol. The van der Waals surface area contributed by atoms with E-state index in [0.29, 0.717) is 17.9 Å². The standard InChI is InChI=1S/C25H37N3O2/c1-26(18-25-14-19-11-20(15-25)13-21(12-19)16-25)17-24(29)28-9-7-27(8-10-28)22-3-5-23(30-2)6-4-22/h3-6,19-21H,7-18H2,1-2H3. The van der Waals surface area contributed by atoms with Crippen LogP contribution in [0.5, 0.6) is 5.75 Å². The molecule has 0 radical (unpaired) electrons. The van der Waals surface area contributed by atoms with E-state index in [1.807, 2.05) is 12.1 Å². The highest BCUT2D eigenvalue weighted by atomic mass is 16.5. The molecular weight excluding hydrogens is 374 g/mol. The number of methoxy groups -OCH3 is 1. The number of likely N-dealkylation sites (N-methyl/N-ethyl adjacent to an activating group) is 1. The second kappa shape index (κ2) is 8.07. The van der Waals surface area contributed by atoms with Gasteiger partial charge in [-0.25, -0.2) is 0 Å². The fourth-order valence-corrected chi connectivity index (χ4v) is 7.45. The molecule has 5 aliphatic rings. The van der Waals surface area contributed by atoms with Crippen LogP contribution in [0.4, 0.5) is 5.69 Å². The third-order valence-corrected chi connectivity index (χ3v) is 8.25. The molecule has 4 bridgehead atoms. The number of nitrogens with zero attached hydrogens (tertiary/aromatic N) is 3. The summed E-state index contributed by atoms with van der Waals surface area (Å²) >= 11 is 0. The topological polar surface area (TPSA) is 36.0 Å². The van der Waals surface area contributed by atoms with Gasteiger partial charge in [0.15, 0.2) is 0 Å². The highest BCUT2D eigenvalue weighted by molar-refractivity contribution is 5.78. The smallest absolute Gasteiger partial charge is 0.236 e. The molecule has 1 aromatic carbocycles. The summed E-state index contributed by atoms with van der Waals surface area (Å²) in [5, 5.41) is 0. The maximum absolute atomic E-state index is 13.0. The molecule has 1 saturated heterocycles. The van der Waals surface area contributed by atoms with Gasteiger partial charge in [0, 0.05) is 38.4 Å². The average Bonchev–Trinajstić information content (AvgIpc) is 2.72. The van der Waals surface area contributed by atoms with Crippen LogP contribution in [0, 0.1) is 23.2 Å². The normalized spacial score (nSPS) is 32.7. The molecule has 0 unspecified atom stereocenters. The molecule has 0 N–H and O–H groups in total. The van der Waals surface area contributed by atoms with Gasteiger partial charge in [0.25, 0.3) is 0 Å². The SMILES string of the molecule is COc1ccc(N2CCN(C(=O)CN(C)CC34CC5CC(CC(C5)C3)C4)CC2)cc1. The highest BCUT2D eigenvalue weighted by Gasteiger charge is 2.51. The lowest BCUT2D eigenvalue weighted by Crippen LogP contribution is -2.53. The Morgan fingerprint density at radius 2 is 1.57 bits per heavy atom. The molecule has 1 aliphatic heterocycles. The molecule has 164 valence electrons. The molecule has 5 nitrogen and oxygen atoms in total. The van der Waals surface area contributed by atoms with Crippen molar-refractivity contribution < 1.29 is 9.53 Å². The maximum atomic E-state index is 13.0. The minimum atomic E-state index is 0.302. The van der Waals surface area contributed by atoms with E-state index in [1.165, 1.54) is 44.2 Å². The third-order valence-electron chi connectivity index (χ3n) is 8.25. The van der Waals surface area contributed by atoms with E-state index in [4.69, 9.17) is 4.74 Å². The lowest BCUT2D eigenvalue weighted by atomic mass is 9.49. The van der Waals surface area contributed by atoms with Gasteiger partial charge >= 0.3 is 0 Å². The Labute approximate surface area is 181 Å². The van der Waals surface area contributed by atoms with Crippen LogP contribution in [-0.2, 0) is 4.79 Å². The van der Waals surface area contributed by atoms with Gasteiger partial charge in [0.1, 0.15) is 5.75 Å². The molecule has 4 saturated carbocycles. The van der Waals surface area contributed by atoms with E-state index >= 15 is 0 Å². The number of piperazine rings is 1. The van der Waals surface area contributed by atoms with Gasteiger partial charge in [-0.05, 0) is 93.0 Å². The zero-order valence-electron chi connectivity index (χ0n) is 18.7.